The molecule has 0 aliphatic rings. The Labute approximate surface area is 151 Å². The Morgan fingerprint density at radius 1 is 0.920 bits per heavy atom. The SMILES string of the molecule is CCCCCC=CCC=CCC=CC/C=C\CCC(C(=O)O)[N+](=O)[O-]. The van der Waals surface area contributed by atoms with Gasteiger partial charge in [0.2, 0.25) is 0 Å². The minimum absolute atomic E-state index is 0.0250. The first kappa shape index (κ1) is 22.8. The second kappa shape index (κ2) is 16.7. The zero-order valence-electron chi connectivity index (χ0n) is 15.2. The van der Waals surface area contributed by atoms with Gasteiger partial charge in [0, 0.05) is 11.3 Å². The molecule has 0 amide bonds. The van der Waals surface area contributed by atoms with Gasteiger partial charge in [-0.05, 0) is 38.5 Å². The molecule has 1 atom stereocenters. The summed E-state index contributed by atoms with van der Waals surface area (Å²) in [6, 6.07) is -1.51. The highest BCUT2D eigenvalue weighted by Crippen LogP contribution is 2.04. The summed E-state index contributed by atoms with van der Waals surface area (Å²) in [5.41, 5.74) is 0. The van der Waals surface area contributed by atoms with Crippen molar-refractivity contribution in [3.05, 3.63) is 58.7 Å². The van der Waals surface area contributed by atoms with E-state index in [-0.39, 0.29) is 6.42 Å². The van der Waals surface area contributed by atoms with Crippen molar-refractivity contribution in [3.63, 3.8) is 0 Å². The Kier molecular flexibility index (Phi) is 15.2. The van der Waals surface area contributed by atoms with Crippen LogP contribution in [-0.4, -0.2) is 22.0 Å². The van der Waals surface area contributed by atoms with E-state index in [9.17, 15) is 14.9 Å². The van der Waals surface area contributed by atoms with Crippen LogP contribution < -0.4 is 0 Å². The largest absolute Gasteiger partial charge is 0.476 e. The van der Waals surface area contributed by atoms with Crippen LogP contribution in [0.25, 0.3) is 0 Å². The first-order valence-electron chi connectivity index (χ1n) is 9.05. The van der Waals surface area contributed by atoms with Crippen molar-refractivity contribution < 1.29 is 14.8 Å². The van der Waals surface area contributed by atoms with Crippen LogP contribution in [-0.2, 0) is 4.79 Å². The van der Waals surface area contributed by atoms with Crippen LogP contribution in [0, 0.1) is 10.1 Å². The fraction of sp³-hybridized carbons (Fsp3) is 0.550. The minimum Gasteiger partial charge on any atom is -0.476 e. The molecule has 140 valence electrons. The van der Waals surface area contributed by atoms with E-state index in [2.05, 4.69) is 37.3 Å². The van der Waals surface area contributed by atoms with Crippen LogP contribution in [0.4, 0.5) is 0 Å². The van der Waals surface area contributed by atoms with Gasteiger partial charge >= 0.3 is 12.0 Å². The van der Waals surface area contributed by atoms with Gasteiger partial charge < -0.3 is 5.11 Å². The topological polar surface area (TPSA) is 80.4 Å². The van der Waals surface area contributed by atoms with Gasteiger partial charge in [0.25, 0.3) is 0 Å². The van der Waals surface area contributed by atoms with Crippen LogP contribution in [0.5, 0.6) is 0 Å². The molecule has 5 heteroatoms. The quantitative estimate of drug-likeness (QED) is 0.184. The van der Waals surface area contributed by atoms with E-state index in [0.29, 0.717) is 6.42 Å². The summed E-state index contributed by atoms with van der Waals surface area (Å²) in [4.78, 5) is 20.4. The zero-order chi connectivity index (χ0) is 18.8. The molecule has 0 spiro atoms. The molecule has 0 aliphatic heterocycles. The van der Waals surface area contributed by atoms with Crippen LogP contribution in [0.15, 0.2) is 48.6 Å². The highest BCUT2D eigenvalue weighted by Gasteiger charge is 2.27. The molecule has 0 saturated heterocycles. The third-order valence-corrected chi connectivity index (χ3v) is 3.60. The fourth-order valence-corrected chi connectivity index (χ4v) is 2.13. The van der Waals surface area contributed by atoms with Gasteiger partial charge in [-0.15, -0.1) is 0 Å². The molecule has 0 aromatic rings. The predicted molar refractivity (Wildman–Crippen MR) is 102 cm³/mol. The Morgan fingerprint density at radius 3 is 1.84 bits per heavy atom. The lowest BCUT2D eigenvalue weighted by Crippen LogP contribution is -2.28. The maximum absolute atomic E-state index is 10.6. The summed E-state index contributed by atoms with van der Waals surface area (Å²) in [6.07, 6.45) is 24.6. The van der Waals surface area contributed by atoms with Gasteiger partial charge in [-0.2, -0.15) is 0 Å². The maximum atomic E-state index is 10.6. The van der Waals surface area contributed by atoms with E-state index in [4.69, 9.17) is 5.11 Å². The van der Waals surface area contributed by atoms with Gasteiger partial charge in [0.05, 0.1) is 0 Å². The van der Waals surface area contributed by atoms with Crippen molar-refractivity contribution in [3.8, 4) is 0 Å². The Morgan fingerprint density at radius 2 is 1.40 bits per heavy atom. The lowest BCUT2D eigenvalue weighted by Gasteiger charge is -2.01. The number of hydrogen-bond acceptors (Lipinski definition) is 3. The molecule has 0 bridgehead atoms. The molecule has 0 saturated carbocycles. The zero-order valence-corrected chi connectivity index (χ0v) is 15.2. The monoisotopic (exact) mass is 349 g/mol. The summed E-state index contributed by atoms with van der Waals surface area (Å²) in [5.74, 6) is -1.37. The molecule has 25 heavy (non-hydrogen) atoms. The Hall–Kier alpha value is -2.17. The number of carboxylic acids is 1. The number of aliphatic carboxylic acids is 1. The molecule has 0 heterocycles. The number of carbonyl (C=O) groups is 1. The number of carboxylic acid groups (broad SMARTS) is 1. The molecular weight excluding hydrogens is 318 g/mol. The first-order chi connectivity index (χ1) is 12.1. The predicted octanol–water partition coefficient (Wildman–Crippen LogP) is 5.47. The van der Waals surface area contributed by atoms with Crippen LogP contribution in [0.1, 0.15) is 64.7 Å². The first-order valence-corrected chi connectivity index (χ1v) is 9.05. The molecular formula is C20H31NO4. The number of nitro groups is 1. The van der Waals surface area contributed by atoms with E-state index >= 15 is 0 Å². The van der Waals surface area contributed by atoms with Gasteiger partial charge in [-0.25, -0.2) is 4.79 Å². The highest BCUT2D eigenvalue weighted by atomic mass is 16.6. The standard InChI is InChI=1S/C20H31NO4/c1-2-3-4-5-6-7-8-9-10-11-12-13-14-15-16-17-18-19(20(22)23)21(24)25/h6-7,9-10,12-13,15-16,19H,2-5,8,11,14,17-18H2,1H3,(H,22,23)/b7-6?,10-9?,13-12?,16-15-. The molecule has 0 radical (unpaired) electrons. The number of rotatable bonds is 15. The van der Waals surface area contributed by atoms with Crippen molar-refractivity contribution >= 4 is 5.97 Å². The van der Waals surface area contributed by atoms with E-state index in [0.717, 1.165) is 19.3 Å². The summed E-state index contributed by atoms with van der Waals surface area (Å²) in [6.45, 7) is 2.21. The smallest absolute Gasteiger partial charge is 0.379 e. The Bertz CT molecular complexity index is 464. The van der Waals surface area contributed by atoms with Gasteiger partial charge in [-0.1, -0.05) is 68.4 Å². The molecule has 0 aromatic carbocycles. The summed E-state index contributed by atoms with van der Waals surface area (Å²) in [7, 11) is 0. The molecule has 1 N–H and O–H groups in total. The number of hydrogen-bond donors (Lipinski definition) is 1. The van der Waals surface area contributed by atoms with Crippen LogP contribution in [0.3, 0.4) is 0 Å². The van der Waals surface area contributed by atoms with Gasteiger partial charge in [-0.3, -0.25) is 10.1 Å². The van der Waals surface area contributed by atoms with E-state index in [1.165, 1.54) is 25.7 Å². The molecule has 0 fully saturated rings. The van der Waals surface area contributed by atoms with Crippen molar-refractivity contribution in [2.45, 2.75) is 70.8 Å². The second-order valence-corrected chi connectivity index (χ2v) is 5.81. The average molecular weight is 349 g/mol. The lowest BCUT2D eigenvalue weighted by molar-refractivity contribution is -0.510. The van der Waals surface area contributed by atoms with Crippen LogP contribution >= 0.6 is 0 Å². The summed E-state index contributed by atoms with van der Waals surface area (Å²) < 4.78 is 0. The van der Waals surface area contributed by atoms with Crippen molar-refractivity contribution in [2.24, 2.45) is 0 Å². The third kappa shape index (κ3) is 15.1. The maximum Gasteiger partial charge on any atom is 0.379 e. The molecule has 1 unspecified atom stereocenters. The highest BCUT2D eigenvalue weighted by molar-refractivity contribution is 5.71. The lowest BCUT2D eigenvalue weighted by atomic mass is 10.1. The van der Waals surface area contributed by atoms with E-state index < -0.39 is 16.9 Å². The van der Waals surface area contributed by atoms with E-state index in [1.54, 1.807) is 6.08 Å². The van der Waals surface area contributed by atoms with Gasteiger partial charge in [0.15, 0.2) is 0 Å². The van der Waals surface area contributed by atoms with Crippen molar-refractivity contribution in [2.75, 3.05) is 0 Å². The fourth-order valence-electron chi connectivity index (χ4n) is 2.13. The third-order valence-electron chi connectivity index (χ3n) is 3.60. The minimum atomic E-state index is -1.51. The average Bonchev–Trinajstić information content (AvgIpc) is 2.57. The normalized spacial score (nSPS) is 13.5. The molecule has 0 rings (SSSR count). The number of unbranched alkanes of at least 4 members (excludes halogenated alkanes) is 3. The molecule has 5 nitrogen and oxygen atoms in total. The van der Waals surface area contributed by atoms with Crippen molar-refractivity contribution in [1.29, 1.82) is 0 Å². The van der Waals surface area contributed by atoms with Crippen molar-refractivity contribution in [1.82, 2.24) is 0 Å². The van der Waals surface area contributed by atoms with E-state index in [1.807, 2.05) is 12.2 Å². The summed E-state index contributed by atoms with van der Waals surface area (Å²) in [5, 5.41) is 19.2. The molecule has 0 aromatic heterocycles. The second-order valence-electron chi connectivity index (χ2n) is 5.81. The Balaban J connectivity index is 3.67. The molecule has 0 aliphatic carbocycles. The van der Waals surface area contributed by atoms with Gasteiger partial charge in [0.1, 0.15) is 0 Å². The van der Waals surface area contributed by atoms with Crippen LogP contribution in [0.2, 0.25) is 0 Å². The summed E-state index contributed by atoms with van der Waals surface area (Å²) >= 11 is 0. The number of allylic oxidation sites excluding steroid dienone is 8. The number of nitrogens with zero attached hydrogens (tertiary/aromatic N) is 1.